The lowest BCUT2D eigenvalue weighted by Crippen LogP contribution is -2.04. The lowest BCUT2D eigenvalue weighted by Gasteiger charge is -2.12. The predicted octanol–water partition coefficient (Wildman–Crippen LogP) is 2.59. The summed E-state index contributed by atoms with van der Waals surface area (Å²) in [7, 11) is 3.16. The molecule has 0 aliphatic heterocycles. The Labute approximate surface area is 109 Å². The Morgan fingerprint density at radius 1 is 1.00 bits per heavy atom. The van der Waals surface area contributed by atoms with E-state index >= 15 is 0 Å². The summed E-state index contributed by atoms with van der Waals surface area (Å²) >= 11 is 2.30. The molecule has 0 aliphatic carbocycles. The number of halogens is 1. The van der Waals surface area contributed by atoms with Gasteiger partial charge in [-0.3, -0.25) is 0 Å². The van der Waals surface area contributed by atoms with Crippen molar-refractivity contribution in [3.63, 3.8) is 0 Å². The van der Waals surface area contributed by atoms with Gasteiger partial charge in [-0.2, -0.15) is 0 Å². The van der Waals surface area contributed by atoms with Gasteiger partial charge in [0, 0.05) is 18.6 Å². The molecular formula is C11H15IO4. The monoisotopic (exact) mass is 338 g/mol. The molecule has 0 atom stereocenters. The van der Waals surface area contributed by atoms with E-state index in [-0.39, 0.29) is 13.6 Å². The molecular weight excluding hydrogens is 323 g/mol. The van der Waals surface area contributed by atoms with E-state index in [9.17, 15) is 0 Å². The van der Waals surface area contributed by atoms with E-state index in [4.69, 9.17) is 18.9 Å². The van der Waals surface area contributed by atoms with Gasteiger partial charge >= 0.3 is 0 Å². The van der Waals surface area contributed by atoms with Gasteiger partial charge in [0.2, 0.25) is 0 Å². The molecule has 0 fully saturated rings. The standard InChI is InChI=1S/C11H15IO4/c1-13-7-15-10-4-3-9(6-12)5-11(10)16-8-14-2/h3-5H,6-8H2,1-2H3. The highest BCUT2D eigenvalue weighted by atomic mass is 127. The van der Waals surface area contributed by atoms with Crippen LogP contribution in [0.4, 0.5) is 0 Å². The van der Waals surface area contributed by atoms with Crippen LogP contribution in [0.2, 0.25) is 0 Å². The Hall–Kier alpha value is -0.530. The van der Waals surface area contributed by atoms with Gasteiger partial charge in [0.05, 0.1) is 0 Å². The van der Waals surface area contributed by atoms with Crippen molar-refractivity contribution in [2.24, 2.45) is 0 Å². The first kappa shape index (κ1) is 13.5. The first-order valence-electron chi connectivity index (χ1n) is 4.74. The fraction of sp³-hybridized carbons (Fsp3) is 0.455. The molecule has 0 unspecified atom stereocenters. The Morgan fingerprint density at radius 3 is 2.19 bits per heavy atom. The topological polar surface area (TPSA) is 36.9 Å². The van der Waals surface area contributed by atoms with E-state index in [1.807, 2.05) is 18.2 Å². The third kappa shape index (κ3) is 4.15. The molecule has 0 N–H and O–H groups in total. The van der Waals surface area contributed by atoms with Crippen molar-refractivity contribution in [1.29, 1.82) is 0 Å². The number of benzene rings is 1. The zero-order valence-corrected chi connectivity index (χ0v) is 11.5. The second kappa shape index (κ2) is 7.70. The molecule has 0 aliphatic rings. The van der Waals surface area contributed by atoms with Gasteiger partial charge in [-0.05, 0) is 17.7 Å². The van der Waals surface area contributed by atoms with Crippen molar-refractivity contribution < 1.29 is 18.9 Å². The minimum Gasteiger partial charge on any atom is -0.464 e. The first-order chi connectivity index (χ1) is 7.81. The van der Waals surface area contributed by atoms with E-state index in [0.29, 0.717) is 11.5 Å². The molecule has 0 radical (unpaired) electrons. The largest absolute Gasteiger partial charge is 0.464 e. The third-order valence-corrected chi connectivity index (χ3v) is 2.71. The van der Waals surface area contributed by atoms with Crippen LogP contribution in [0.1, 0.15) is 5.56 Å². The summed E-state index contributed by atoms with van der Waals surface area (Å²) in [6, 6.07) is 5.81. The molecule has 1 rings (SSSR count). The molecule has 0 spiro atoms. The van der Waals surface area contributed by atoms with Crippen LogP contribution in [-0.2, 0) is 13.9 Å². The molecule has 1 aromatic rings. The smallest absolute Gasteiger partial charge is 0.188 e. The van der Waals surface area contributed by atoms with Crippen molar-refractivity contribution in [3.8, 4) is 11.5 Å². The minimum absolute atomic E-state index is 0.201. The molecule has 0 aromatic heterocycles. The van der Waals surface area contributed by atoms with E-state index < -0.39 is 0 Å². The van der Waals surface area contributed by atoms with Crippen LogP contribution < -0.4 is 9.47 Å². The summed E-state index contributed by atoms with van der Waals surface area (Å²) in [6.45, 7) is 0.404. The van der Waals surface area contributed by atoms with Gasteiger partial charge in [0.15, 0.2) is 25.1 Å². The highest BCUT2D eigenvalue weighted by Gasteiger charge is 2.06. The zero-order valence-electron chi connectivity index (χ0n) is 9.36. The Balaban J connectivity index is 2.78. The van der Waals surface area contributed by atoms with Gasteiger partial charge in [-0.1, -0.05) is 28.7 Å². The van der Waals surface area contributed by atoms with Crippen LogP contribution in [0.15, 0.2) is 18.2 Å². The predicted molar refractivity (Wildman–Crippen MR) is 69.2 cm³/mol. The Morgan fingerprint density at radius 2 is 1.62 bits per heavy atom. The summed E-state index contributed by atoms with van der Waals surface area (Å²) in [5, 5.41) is 0. The summed E-state index contributed by atoms with van der Waals surface area (Å²) < 4.78 is 21.4. The second-order valence-corrected chi connectivity index (χ2v) is 3.78. The lowest BCUT2D eigenvalue weighted by atomic mass is 10.2. The number of hydrogen-bond acceptors (Lipinski definition) is 4. The quantitative estimate of drug-likeness (QED) is 0.435. The maximum Gasteiger partial charge on any atom is 0.188 e. The number of ether oxygens (including phenoxy) is 4. The average molecular weight is 338 g/mol. The van der Waals surface area contributed by atoms with Crippen LogP contribution in [0.3, 0.4) is 0 Å². The first-order valence-corrected chi connectivity index (χ1v) is 6.26. The molecule has 90 valence electrons. The maximum atomic E-state index is 5.42. The molecule has 1 aromatic carbocycles. The summed E-state index contributed by atoms with van der Waals surface area (Å²) in [5.41, 5.74) is 1.18. The molecule has 0 amide bonds. The van der Waals surface area contributed by atoms with Crippen molar-refractivity contribution >= 4 is 22.6 Å². The zero-order chi connectivity index (χ0) is 11.8. The molecule has 0 bridgehead atoms. The van der Waals surface area contributed by atoms with Crippen LogP contribution in [0.5, 0.6) is 11.5 Å². The minimum atomic E-state index is 0.201. The van der Waals surface area contributed by atoms with E-state index in [1.165, 1.54) is 5.56 Å². The van der Waals surface area contributed by atoms with E-state index in [2.05, 4.69) is 22.6 Å². The summed E-state index contributed by atoms with van der Waals surface area (Å²) in [5.74, 6) is 1.33. The average Bonchev–Trinajstić information content (AvgIpc) is 2.34. The van der Waals surface area contributed by atoms with Crippen LogP contribution in [0.25, 0.3) is 0 Å². The van der Waals surface area contributed by atoms with Crippen molar-refractivity contribution in [1.82, 2.24) is 0 Å². The SMILES string of the molecule is COCOc1ccc(CI)cc1OCOC. The van der Waals surface area contributed by atoms with Gasteiger partial charge in [-0.15, -0.1) is 0 Å². The molecule has 4 nitrogen and oxygen atoms in total. The van der Waals surface area contributed by atoms with Crippen molar-refractivity contribution in [2.45, 2.75) is 4.43 Å². The molecule has 0 heterocycles. The van der Waals surface area contributed by atoms with E-state index in [1.54, 1.807) is 14.2 Å². The number of hydrogen-bond donors (Lipinski definition) is 0. The van der Waals surface area contributed by atoms with Gasteiger partial charge in [0.25, 0.3) is 0 Å². The fourth-order valence-corrected chi connectivity index (χ4v) is 1.59. The van der Waals surface area contributed by atoms with Crippen molar-refractivity contribution in [2.75, 3.05) is 27.8 Å². The van der Waals surface area contributed by atoms with Crippen LogP contribution >= 0.6 is 22.6 Å². The number of alkyl halides is 1. The Kier molecular flexibility index (Phi) is 6.51. The third-order valence-electron chi connectivity index (χ3n) is 1.83. The van der Waals surface area contributed by atoms with Crippen LogP contribution in [-0.4, -0.2) is 27.8 Å². The lowest BCUT2D eigenvalue weighted by molar-refractivity contribution is 0.0322. The van der Waals surface area contributed by atoms with Crippen LogP contribution in [0, 0.1) is 0 Å². The number of rotatable bonds is 7. The van der Waals surface area contributed by atoms with Gasteiger partial charge in [0.1, 0.15) is 0 Å². The second-order valence-electron chi connectivity index (χ2n) is 3.02. The maximum absolute atomic E-state index is 5.42. The summed E-state index contributed by atoms with van der Waals surface area (Å²) in [4.78, 5) is 0. The normalized spacial score (nSPS) is 10.2. The van der Waals surface area contributed by atoms with E-state index in [0.717, 1.165) is 4.43 Å². The molecule has 0 saturated carbocycles. The highest BCUT2D eigenvalue weighted by molar-refractivity contribution is 14.1. The molecule has 5 heteroatoms. The highest BCUT2D eigenvalue weighted by Crippen LogP contribution is 2.29. The summed E-state index contributed by atoms with van der Waals surface area (Å²) in [6.07, 6.45) is 0. The Bertz CT molecular complexity index is 317. The van der Waals surface area contributed by atoms with Crippen molar-refractivity contribution in [3.05, 3.63) is 23.8 Å². The van der Waals surface area contributed by atoms with Gasteiger partial charge in [-0.25, -0.2) is 0 Å². The molecule has 0 saturated heterocycles. The van der Waals surface area contributed by atoms with Gasteiger partial charge < -0.3 is 18.9 Å². The molecule has 16 heavy (non-hydrogen) atoms. The number of methoxy groups -OCH3 is 2. The fourth-order valence-electron chi connectivity index (χ4n) is 1.11.